The Hall–Kier alpha value is -1.36. The molecule has 2 saturated carbocycles. The minimum atomic E-state index is -1.02. The van der Waals surface area contributed by atoms with E-state index in [1.54, 1.807) is 0 Å². The molecule has 0 aliphatic heterocycles. The van der Waals surface area contributed by atoms with Crippen LogP contribution in [0.25, 0.3) is 0 Å². The molecule has 5 heteroatoms. The van der Waals surface area contributed by atoms with Crippen molar-refractivity contribution < 1.29 is 24.5 Å². The lowest BCUT2D eigenvalue weighted by Crippen LogP contribution is -2.58. The van der Waals surface area contributed by atoms with Crippen molar-refractivity contribution in [2.24, 2.45) is 23.2 Å². The molecule has 0 spiro atoms. The highest BCUT2D eigenvalue weighted by atomic mass is 16.5. The first-order valence-corrected chi connectivity index (χ1v) is 9.85. The first-order chi connectivity index (χ1) is 12.0. The lowest BCUT2D eigenvalue weighted by Gasteiger charge is -2.57. The van der Waals surface area contributed by atoms with Crippen molar-refractivity contribution in [3.8, 4) is 0 Å². The molecular weight excluding hydrogens is 332 g/mol. The summed E-state index contributed by atoms with van der Waals surface area (Å²) < 4.78 is 5.91. The average Bonchev–Trinajstić information content (AvgIpc) is 2.54. The second kappa shape index (κ2) is 7.71. The SMILES string of the molecule is C=C(C(=O)O)[C@@H]1C[C@@H]2[C@](C)(CCC[C@@]2(C)O)[C@H](OC(=O)C[C@@H](C)CC)C1. The molecule has 2 N–H and O–H groups in total. The van der Waals surface area contributed by atoms with E-state index in [1.807, 2.05) is 20.8 Å². The molecule has 0 saturated heterocycles. The Morgan fingerprint density at radius 1 is 1.27 bits per heavy atom. The van der Waals surface area contributed by atoms with Crippen LogP contribution in [0.4, 0.5) is 0 Å². The number of ether oxygens (including phenoxy) is 1. The number of carboxylic acids is 1. The highest BCUT2D eigenvalue weighted by Crippen LogP contribution is 2.57. The smallest absolute Gasteiger partial charge is 0.331 e. The number of rotatable bonds is 6. The van der Waals surface area contributed by atoms with Gasteiger partial charge in [-0.3, -0.25) is 4.79 Å². The first kappa shape index (κ1) is 20.9. The fourth-order valence-corrected chi connectivity index (χ4v) is 4.98. The lowest BCUT2D eigenvalue weighted by atomic mass is 9.51. The van der Waals surface area contributed by atoms with E-state index in [9.17, 15) is 19.8 Å². The van der Waals surface area contributed by atoms with Gasteiger partial charge in [0.1, 0.15) is 6.10 Å². The van der Waals surface area contributed by atoms with Crippen LogP contribution in [0.5, 0.6) is 0 Å². The van der Waals surface area contributed by atoms with Gasteiger partial charge in [-0.05, 0) is 56.8 Å². The van der Waals surface area contributed by atoms with Gasteiger partial charge in [0.2, 0.25) is 0 Å². The van der Waals surface area contributed by atoms with Gasteiger partial charge >= 0.3 is 11.9 Å². The first-order valence-electron chi connectivity index (χ1n) is 9.85. The number of carbonyl (C=O) groups excluding carboxylic acids is 1. The molecule has 0 unspecified atom stereocenters. The molecule has 2 aliphatic rings. The quantitative estimate of drug-likeness (QED) is 0.549. The van der Waals surface area contributed by atoms with Gasteiger partial charge in [0, 0.05) is 17.4 Å². The Balaban J connectivity index is 2.28. The largest absolute Gasteiger partial charge is 0.478 e. The zero-order valence-electron chi connectivity index (χ0n) is 16.6. The molecule has 0 aromatic rings. The molecule has 0 amide bonds. The Morgan fingerprint density at radius 3 is 2.50 bits per heavy atom. The summed E-state index contributed by atoms with van der Waals surface area (Å²) >= 11 is 0. The number of aliphatic hydroxyl groups is 1. The van der Waals surface area contributed by atoms with E-state index in [-0.39, 0.29) is 40.8 Å². The molecule has 2 aliphatic carbocycles. The van der Waals surface area contributed by atoms with Gasteiger partial charge in [-0.15, -0.1) is 0 Å². The number of hydrogen-bond donors (Lipinski definition) is 2. The van der Waals surface area contributed by atoms with E-state index in [2.05, 4.69) is 13.5 Å². The van der Waals surface area contributed by atoms with E-state index in [4.69, 9.17) is 4.74 Å². The van der Waals surface area contributed by atoms with Gasteiger partial charge in [-0.1, -0.05) is 33.8 Å². The number of esters is 1. The van der Waals surface area contributed by atoms with E-state index in [0.29, 0.717) is 25.7 Å². The van der Waals surface area contributed by atoms with E-state index in [0.717, 1.165) is 19.3 Å². The van der Waals surface area contributed by atoms with Gasteiger partial charge in [0.25, 0.3) is 0 Å². The predicted molar refractivity (Wildman–Crippen MR) is 99.5 cm³/mol. The molecule has 5 nitrogen and oxygen atoms in total. The topological polar surface area (TPSA) is 83.8 Å². The minimum absolute atomic E-state index is 0.111. The number of aliphatic carboxylic acids is 1. The normalized spacial score (nSPS) is 38.1. The third kappa shape index (κ3) is 4.13. The van der Waals surface area contributed by atoms with Crippen LogP contribution in [0.2, 0.25) is 0 Å². The zero-order chi connectivity index (χ0) is 19.7. The standard InChI is InChI=1S/C21H34O5/c1-6-13(2)10-18(22)26-17-12-15(14(3)19(23)24)11-16-20(17,4)8-7-9-21(16,5)25/h13,15-17,25H,3,6-12H2,1-2,4-5H3,(H,23,24)/t13-,15+,16+,17+,20-,21+/m0/s1. The monoisotopic (exact) mass is 366 g/mol. The van der Waals surface area contributed by atoms with Crippen LogP contribution in [0.1, 0.15) is 72.6 Å². The van der Waals surface area contributed by atoms with Crippen LogP contribution in [0, 0.1) is 23.2 Å². The molecule has 0 bridgehead atoms. The van der Waals surface area contributed by atoms with Crippen LogP contribution in [-0.4, -0.2) is 33.9 Å². The maximum Gasteiger partial charge on any atom is 0.331 e. The molecule has 6 atom stereocenters. The molecule has 0 heterocycles. The van der Waals surface area contributed by atoms with E-state index >= 15 is 0 Å². The summed E-state index contributed by atoms with van der Waals surface area (Å²) in [5, 5.41) is 20.4. The van der Waals surface area contributed by atoms with Gasteiger partial charge in [0.05, 0.1) is 5.60 Å². The van der Waals surface area contributed by atoms with Gasteiger partial charge in [-0.25, -0.2) is 4.79 Å². The van der Waals surface area contributed by atoms with Crippen molar-refractivity contribution in [1.82, 2.24) is 0 Å². The summed E-state index contributed by atoms with van der Waals surface area (Å²) in [6.07, 6.45) is 4.39. The summed E-state index contributed by atoms with van der Waals surface area (Å²) in [5.41, 5.74) is -1.06. The fraction of sp³-hybridized carbons (Fsp3) is 0.810. The van der Waals surface area contributed by atoms with Crippen LogP contribution in [0.3, 0.4) is 0 Å². The fourth-order valence-electron chi connectivity index (χ4n) is 4.98. The minimum Gasteiger partial charge on any atom is -0.478 e. The van der Waals surface area contributed by atoms with Crippen molar-refractivity contribution in [3.63, 3.8) is 0 Å². The lowest BCUT2D eigenvalue weighted by molar-refractivity contribution is -0.193. The molecule has 148 valence electrons. The third-order valence-corrected chi connectivity index (χ3v) is 6.95. The summed E-state index contributed by atoms with van der Waals surface area (Å²) in [6, 6.07) is 0. The maximum atomic E-state index is 12.4. The molecule has 2 rings (SSSR count). The average molecular weight is 366 g/mol. The van der Waals surface area contributed by atoms with Gasteiger partial charge in [-0.2, -0.15) is 0 Å². The zero-order valence-corrected chi connectivity index (χ0v) is 16.6. The van der Waals surface area contributed by atoms with Crippen LogP contribution < -0.4 is 0 Å². The van der Waals surface area contributed by atoms with Crippen LogP contribution in [0.15, 0.2) is 12.2 Å². The second-order valence-corrected chi connectivity index (χ2v) is 8.96. The van der Waals surface area contributed by atoms with Gasteiger partial charge in [0.15, 0.2) is 0 Å². The second-order valence-electron chi connectivity index (χ2n) is 8.96. The third-order valence-electron chi connectivity index (χ3n) is 6.95. The van der Waals surface area contributed by atoms with Crippen molar-refractivity contribution in [2.75, 3.05) is 0 Å². The molecule has 26 heavy (non-hydrogen) atoms. The molecule has 0 radical (unpaired) electrons. The van der Waals surface area contributed by atoms with E-state index < -0.39 is 11.6 Å². The summed E-state index contributed by atoms with van der Waals surface area (Å²) in [6.45, 7) is 11.7. The number of carbonyl (C=O) groups is 2. The van der Waals surface area contributed by atoms with Crippen molar-refractivity contribution in [3.05, 3.63) is 12.2 Å². The molecular formula is C21H34O5. The number of hydrogen-bond acceptors (Lipinski definition) is 4. The van der Waals surface area contributed by atoms with Crippen LogP contribution >= 0.6 is 0 Å². The Morgan fingerprint density at radius 2 is 1.92 bits per heavy atom. The van der Waals surface area contributed by atoms with E-state index in [1.165, 1.54) is 0 Å². The Bertz CT molecular complexity index is 567. The summed E-state index contributed by atoms with van der Waals surface area (Å²) in [7, 11) is 0. The summed E-state index contributed by atoms with van der Waals surface area (Å²) in [4.78, 5) is 23.9. The molecule has 0 aromatic carbocycles. The highest BCUT2D eigenvalue weighted by molar-refractivity contribution is 5.86. The molecule has 2 fully saturated rings. The molecule has 0 aromatic heterocycles. The maximum absolute atomic E-state index is 12.4. The summed E-state index contributed by atoms with van der Waals surface area (Å²) in [5.74, 6) is -1.37. The highest BCUT2D eigenvalue weighted by Gasteiger charge is 2.57. The Labute approximate surface area is 156 Å². The van der Waals surface area contributed by atoms with Crippen molar-refractivity contribution in [2.45, 2.75) is 84.3 Å². The Kier molecular flexibility index (Phi) is 6.21. The van der Waals surface area contributed by atoms with Crippen molar-refractivity contribution in [1.29, 1.82) is 0 Å². The van der Waals surface area contributed by atoms with Gasteiger partial charge < -0.3 is 14.9 Å². The predicted octanol–water partition coefficient (Wildman–Crippen LogP) is 3.94. The number of fused-ring (bicyclic) bond motifs is 1. The van der Waals surface area contributed by atoms with Crippen molar-refractivity contribution >= 4 is 11.9 Å². The number of carboxylic acid groups (broad SMARTS) is 1. The van der Waals surface area contributed by atoms with Crippen LogP contribution in [-0.2, 0) is 14.3 Å².